The minimum absolute atomic E-state index is 0.114. The lowest BCUT2D eigenvalue weighted by Gasteiger charge is -2.14. The van der Waals surface area contributed by atoms with E-state index in [1.54, 1.807) is 19.2 Å². The van der Waals surface area contributed by atoms with Crippen LogP contribution in [0.15, 0.2) is 22.8 Å². The van der Waals surface area contributed by atoms with Gasteiger partial charge in [-0.15, -0.1) is 0 Å². The van der Waals surface area contributed by atoms with Gasteiger partial charge >= 0.3 is 5.97 Å². The Hall–Kier alpha value is -1.36. The SMILES string of the molecule is CN(Cc1ccco1)C(=S)C(=O)O. The Morgan fingerprint density at radius 2 is 2.46 bits per heavy atom. The van der Waals surface area contributed by atoms with Gasteiger partial charge in [0, 0.05) is 7.05 Å². The van der Waals surface area contributed by atoms with Gasteiger partial charge in [-0.05, 0) is 12.1 Å². The monoisotopic (exact) mass is 199 g/mol. The van der Waals surface area contributed by atoms with Gasteiger partial charge < -0.3 is 14.4 Å². The van der Waals surface area contributed by atoms with Crippen molar-refractivity contribution in [3.05, 3.63) is 24.2 Å². The molecule has 4 nitrogen and oxygen atoms in total. The predicted octanol–water partition coefficient (Wildman–Crippen LogP) is 1.12. The average Bonchev–Trinajstić information content (AvgIpc) is 2.55. The maximum absolute atomic E-state index is 10.5. The number of carboxylic acid groups (broad SMARTS) is 1. The van der Waals surface area contributed by atoms with E-state index in [0.717, 1.165) is 0 Å². The third-order valence-electron chi connectivity index (χ3n) is 1.50. The van der Waals surface area contributed by atoms with Crippen molar-refractivity contribution in [3.63, 3.8) is 0 Å². The van der Waals surface area contributed by atoms with Gasteiger partial charge in [0.15, 0.2) is 4.99 Å². The van der Waals surface area contributed by atoms with Crippen LogP contribution < -0.4 is 0 Å². The summed E-state index contributed by atoms with van der Waals surface area (Å²) < 4.78 is 5.04. The van der Waals surface area contributed by atoms with Gasteiger partial charge in [-0.25, -0.2) is 4.79 Å². The number of likely N-dealkylation sites (N-methyl/N-ethyl adjacent to an activating group) is 1. The quantitative estimate of drug-likeness (QED) is 0.723. The molecule has 5 heteroatoms. The van der Waals surface area contributed by atoms with Gasteiger partial charge in [0.1, 0.15) is 5.76 Å². The summed E-state index contributed by atoms with van der Waals surface area (Å²) in [5, 5.41) is 8.57. The van der Waals surface area contributed by atoms with Crippen LogP contribution in [0.25, 0.3) is 0 Å². The number of nitrogens with zero attached hydrogens (tertiary/aromatic N) is 1. The molecular weight excluding hydrogens is 190 g/mol. The topological polar surface area (TPSA) is 53.7 Å². The normalized spacial score (nSPS) is 9.62. The largest absolute Gasteiger partial charge is 0.476 e. The standard InChI is InChI=1S/C8H9NO3S/c1-9(7(13)8(10)11)5-6-3-2-4-12-6/h2-4H,5H2,1H3,(H,10,11). The van der Waals surface area contributed by atoms with Crippen molar-refractivity contribution < 1.29 is 14.3 Å². The van der Waals surface area contributed by atoms with E-state index < -0.39 is 5.97 Å². The second-order valence-corrected chi connectivity index (χ2v) is 2.93. The second kappa shape index (κ2) is 4.04. The van der Waals surface area contributed by atoms with Crippen LogP contribution in [0.3, 0.4) is 0 Å². The van der Waals surface area contributed by atoms with Crippen LogP contribution in [-0.2, 0) is 11.3 Å². The van der Waals surface area contributed by atoms with E-state index in [9.17, 15) is 4.79 Å². The van der Waals surface area contributed by atoms with E-state index in [0.29, 0.717) is 12.3 Å². The van der Waals surface area contributed by atoms with Crippen molar-refractivity contribution in [1.29, 1.82) is 0 Å². The lowest BCUT2D eigenvalue weighted by Crippen LogP contribution is -2.30. The first-order valence-electron chi connectivity index (χ1n) is 3.62. The number of furan rings is 1. The summed E-state index contributed by atoms with van der Waals surface area (Å²) in [4.78, 5) is 11.8. The number of aliphatic carboxylic acids is 1. The van der Waals surface area contributed by atoms with Crippen LogP contribution in [0.4, 0.5) is 0 Å². The van der Waals surface area contributed by atoms with E-state index in [2.05, 4.69) is 12.2 Å². The highest BCUT2D eigenvalue weighted by Crippen LogP contribution is 2.04. The van der Waals surface area contributed by atoms with Gasteiger partial charge in [-0.1, -0.05) is 12.2 Å². The summed E-state index contributed by atoms with van der Waals surface area (Å²) in [7, 11) is 1.61. The van der Waals surface area contributed by atoms with Crippen molar-refractivity contribution in [2.75, 3.05) is 7.05 Å². The highest BCUT2D eigenvalue weighted by Gasteiger charge is 2.12. The molecule has 1 aromatic rings. The Balaban J connectivity index is 2.55. The van der Waals surface area contributed by atoms with Crippen LogP contribution in [0.2, 0.25) is 0 Å². The van der Waals surface area contributed by atoms with Gasteiger partial charge in [0.25, 0.3) is 0 Å². The summed E-state index contributed by atoms with van der Waals surface area (Å²) in [6, 6.07) is 3.51. The first-order chi connectivity index (χ1) is 6.11. The van der Waals surface area contributed by atoms with Gasteiger partial charge in [0.05, 0.1) is 12.8 Å². The molecule has 0 unspecified atom stereocenters. The number of hydrogen-bond donors (Lipinski definition) is 1. The summed E-state index contributed by atoms with van der Waals surface area (Å²) in [5.74, 6) is -0.407. The molecule has 0 fully saturated rings. The van der Waals surface area contributed by atoms with Gasteiger partial charge in [0.2, 0.25) is 0 Å². The lowest BCUT2D eigenvalue weighted by atomic mass is 10.4. The zero-order valence-corrected chi connectivity index (χ0v) is 7.87. The summed E-state index contributed by atoms with van der Waals surface area (Å²) >= 11 is 4.66. The van der Waals surface area contributed by atoms with Crippen LogP contribution in [0.5, 0.6) is 0 Å². The molecule has 1 aromatic heterocycles. The van der Waals surface area contributed by atoms with Crippen LogP contribution in [-0.4, -0.2) is 28.0 Å². The summed E-state index contributed by atoms with van der Waals surface area (Å²) in [6.45, 7) is 0.373. The van der Waals surface area contributed by atoms with Crippen LogP contribution >= 0.6 is 12.2 Å². The maximum Gasteiger partial charge on any atom is 0.363 e. The average molecular weight is 199 g/mol. The Labute approximate surface area is 80.8 Å². The van der Waals surface area contributed by atoms with Crippen LogP contribution in [0.1, 0.15) is 5.76 Å². The fraction of sp³-hybridized carbons (Fsp3) is 0.250. The molecule has 0 saturated carbocycles. The molecule has 1 N–H and O–H groups in total. The molecule has 0 radical (unpaired) electrons. The minimum atomic E-state index is -1.09. The summed E-state index contributed by atoms with van der Waals surface area (Å²) in [6.07, 6.45) is 1.53. The number of carbonyl (C=O) groups is 1. The Morgan fingerprint density at radius 1 is 1.77 bits per heavy atom. The second-order valence-electron chi connectivity index (χ2n) is 2.55. The predicted molar refractivity (Wildman–Crippen MR) is 50.4 cm³/mol. The molecule has 1 heterocycles. The van der Waals surface area contributed by atoms with E-state index in [1.807, 2.05) is 0 Å². The molecule has 0 atom stereocenters. The molecular formula is C8H9NO3S. The highest BCUT2D eigenvalue weighted by atomic mass is 32.1. The number of hydrogen-bond acceptors (Lipinski definition) is 3. The first-order valence-corrected chi connectivity index (χ1v) is 4.03. The first kappa shape index (κ1) is 9.73. The molecule has 0 amide bonds. The van der Waals surface area contributed by atoms with Crippen molar-refractivity contribution in [1.82, 2.24) is 4.90 Å². The zero-order valence-electron chi connectivity index (χ0n) is 7.06. The van der Waals surface area contributed by atoms with Gasteiger partial charge in [-0.2, -0.15) is 0 Å². The highest BCUT2D eigenvalue weighted by molar-refractivity contribution is 7.81. The van der Waals surface area contributed by atoms with Crippen molar-refractivity contribution in [3.8, 4) is 0 Å². The van der Waals surface area contributed by atoms with E-state index in [1.165, 1.54) is 11.2 Å². The van der Waals surface area contributed by atoms with E-state index in [4.69, 9.17) is 9.52 Å². The fourth-order valence-corrected chi connectivity index (χ4v) is 0.936. The molecule has 0 aliphatic carbocycles. The lowest BCUT2D eigenvalue weighted by molar-refractivity contribution is -0.129. The molecule has 70 valence electrons. The van der Waals surface area contributed by atoms with E-state index in [-0.39, 0.29) is 4.99 Å². The molecule has 0 aliphatic heterocycles. The van der Waals surface area contributed by atoms with Crippen molar-refractivity contribution in [2.24, 2.45) is 0 Å². The van der Waals surface area contributed by atoms with Gasteiger partial charge in [-0.3, -0.25) is 0 Å². The van der Waals surface area contributed by atoms with Crippen LogP contribution in [0, 0.1) is 0 Å². The number of rotatable bonds is 2. The Kier molecular flexibility index (Phi) is 3.02. The minimum Gasteiger partial charge on any atom is -0.476 e. The van der Waals surface area contributed by atoms with E-state index >= 15 is 0 Å². The number of carboxylic acids is 1. The Bertz CT molecular complexity index is 307. The third kappa shape index (κ3) is 2.55. The number of thiocarbonyl (C=S) groups is 1. The Morgan fingerprint density at radius 3 is 2.92 bits per heavy atom. The summed E-state index contributed by atoms with van der Waals surface area (Å²) in [5.41, 5.74) is 0. The molecule has 13 heavy (non-hydrogen) atoms. The zero-order chi connectivity index (χ0) is 9.84. The molecule has 0 bridgehead atoms. The molecule has 0 aliphatic rings. The maximum atomic E-state index is 10.5. The fourth-order valence-electron chi connectivity index (χ4n) is 0.871. The van der Waals surface area contributed by atoms with Crippen molar-refractivity contribution >= 4 is 23.2 Å². The third-order valence-corrected chi connectivity index (χ3v) is 1.99. The molecule has 0 aromatic carbocycles. The van der Waals surface area contributed by atoms with Crippen molar-refractivity contribution in [2.45, 2.75) is 6.54 Å². The smallest absolute Gasteiger partial charge is 0.363 e. The molecule has 0 spiro atoms. The molecule has 0 saturated heterocycles. The molecule has 1 rings (SSSR count).